The molecule has 1 heterocycles. The molecule has 0 aliphatic rings. The first kappa shape index (κ1) is 37.4. The van der Waals surface area contributed by atoms with Crippen LogP contribution in [0.1, 0.15) is 85.7 Å². The van der Waals surface area contributed by atoms with Gasteiger partial charge in [0.25, 0.3) is 11.8 Å². The maximum atomic E-state index is 13.6. The van der Waals surface area contributed by atoms with Crippen LogP contribution in [-0.4, -0.2) is 59.7 Å². The van der Waals surface area contributed by atoms with Gasteiger partial charge in [-0.05, 0) is 77.8 Å². The Morgan fingerprint density at radius 2 is 1.51 bits per heavy atom. The molecule has 4 amide bonds. The number of nitrogens with two attached hydrogens (primary N) is 1. The van der Waals surface area contributed by atoms with Gasteiger partial charge in [0.05, 0.1) is 0 Å². The minimum atomic E-state index is -0.702. The van der Waals surface area contributed by atoms with E-state index in [0.29, 0.717) is 43.6 Å². The van der Waals surface area contributed by atoms with Gasteiger partial charge in [-0.15, -0.1) is 0 Å². The second-order valence-corrected chi connectivity index (χ2v) is 13.3. The lowest BCUT2D eigenvalue weighted by Gasteiger charge is -2.28. The molecule has 0 saturated heterocycles. The van der Waals surface area contributed by atoms with Gasteiger partial charge in [0, 0.05) is 48.8 Å². The molecule has 5 N–H and O–H groups in total. The quantitative estimate of drug-likeness (QED) is 0.150. The summed E-state index contributed by atoms with van der Waals surface area (Å²) in [4.78, 5) is 54.9. The van der Waals surface area contributed by atoms with Crippen LogP contribution < -0.4 is 21.7 Å². The van der Waals surface area contributed by atoms with E-state index in [1.165, 1.54) is 0 Å². The van der Waals surface area contributed by atoms with Crippen LogP contribution in [0.5, 0.6) is 0 Å². The number of benzene rings is 2. The monoisotopic (exact) mass is 661 g/mol. The summed E-state index contributed by atoms with van der Waals surface area (Å²) in [6.45, 7) is 11.3. The number of carbonyl (C=O) groups excluding carboxylic acids is 4. The lowest BCUT2D eigenvalue weighted by Crippen LogP contribution is -2.53. The molecule has 0 bridgehead atoms. The zero-order valence-corrected chi connectivity index (χ0v) is 29.1. The number of hydrogen-bond donors (Lipinski definition) is 4. The Bertz CT molecular complexity index is 1420. The molecule has 0 spiro atoms. The van der Waals surface area contributed by atoms with Gasteiger partial charge in [-0.2, -0.15) is 11.3 Å². The summed E-state index contributed by atoms with van der Waals surface area (Å²) in [5.41, 5.74) is 9.56. The Kier molecular flexibility index (Phi) is 15.1. The molecular formula is C37H51N5O4S. The molecule has 2 aromatic carbocycles. The zero-order chi connectivity index (χ0) is 34.3. The van der Waals surface area contributed by atoms with Crippen molar-refractivity contribution < 1.29 is 19.2 Å². The highest BCUT2D eigenvalue weighted by Crippen LogP contribution is 2.17. The summed E-state index contributed by atoms with van der Waals surface area (Å²) in [6, 6.07) is 16.6. The average molecular weight is 662 g/mol. The van der Waals surface area contributed by atoms with Gasteiger partial charge >= 0.3 is 0 Å². The molecular weight excluding hydrogens is 611 g/mol. The SMILES string of the molecule is CCCN(CCC)C(=O)c1cccc(C(=O)N[C@@H](Cc2ccsc2)[C@@H](N)C[C@@H](C)C(=O)N[C@H](C(=O)NCc2ccccc2)C(C)C)c1. The van der Waals surface area contributed by atoms with Crippen LogP contribution in [-0.2, 0) is 22.6 Å². The summed E-state index contributed by atoms with van der Waals surface area (Å²) >= 11 is 1.56. The summed E-state index contributed by atoms with van der Waals surface area (Å²) in [5.74, 6) is -1.59. The second-order valence-electron chi connectivity index (χ2n) is 12.5. The topological polar surface area (TPSA) is 134 Å². The van der Waals surface area contributed by atoms with Gasteiger partial charge in [-0.3, -0.25) is 19.2 Å². The van der Waals surface area contributed by atoms with Crippen molar-refractivity contribution in [2.45, 2.75) is 85.0 Å². The minimum absolute atomic E-state index is 0.0943. The molecule has 0 aliphatic carbocycles. The van der Waals surface area contributed by atoms with Crippen LogP contribution in [0.15, 0.2) is 71.4 Å². The van der Waals surface area contributed by atoms with Gasteiger partial charge in [-0.25, -0.2) is 0 Å². The van der Waals surface area contributed by atoms with Gasteiger partial charge in [0.15, 0.2) is 0 Å². The van der Waals surface area contributed by atoms with Gasteiger partial charge in [-0.1, -0.05) is 71.0 Å². The predicted molar refractivity (Wildman–Crippen MR) is 189 cm³/mol. The Balaban J connectivity index is 1.68. The molecule has 4 atom stereocenters. The molecule has 0 unspecified atom stereocenters. The third-order valence-electron chi connectivity index (χ3n) is 8.14. The second kappa shape index (κ2) is 19.0. The number of carbonyl (C=O) groups is 4. The highest BCUT2D eigenvalue weighted by Gasteiger charge is 2.29. The average Bonchev–Trinajstić information content (AvgIpc) is 3.58. The number of amides is 4. The van der Waals surface area contributed by atoms with E-state index >= 15 is 0 Å². The third kappa shape index (κ3) is 11.6. The number of nitrogens with zero attached hydrogens (tertiary/aromatic N) is 1. The summed E-state index contributed by atoms with van der Waals surface area (Å²) < 4.78 is 0. The minimum Gasteiger partial charge on any atom is -0.350 e. The largest absolute Gasteiger partial charge is 0.350 e. The summed E-state index contributed by atoms with van der Waals surface area (Å²) in [5, 5.41) is 12.9. The fourth-order valence-electron chi connectivity index (χ4n) is 5.46. The van der Waals surface area contributed by atoms with E-state index in [1.54, 1.807) is 42.5 Å². The van der Waals surface area contributed by atoms with Crippen LogP contribution >= 0.6 is 11.3 Å². The molecule has 254 valence electrons. The van der Waals surface area contributed by atoms with Gasteiger partial charge < -0.3 is 26.6 Å². The van der Waals surface area contributed by atoms with Crippen LogP contribution in [0.4, 0.5) is 0 Å². The zero-order valence-electron chi connectivity index (χ0n) is 28.3. The third-order valence-corrected chi connectivity index (χ3v) is 8.88. The Hall–Kier alpha value is -4.02. The van der Waals surface area contributed by atoms with Crippen molar-refractivity contribution in [1.29, 1.82) is 0 Å². The van der Waals surface area contributed by atoms with E-state index in [0.717, 1.165) is 24.0 Å². The first-order valence-corrected chi connectivity index (χ1v) is 17.6. The highest BCUT2D eigenvalue weighted by molar-refractivity contribution is 7.07. The molecule has 1 aromatic heterocycles. The first-order valence-electron chi connectivity index (χ1n) is 16.6. The van der Waals surface area contributed by atoms with Gasteiger partial charge in [0.1, 0.15) is 6.04 Å². The van der Waals surface area contributed by atoms with Crippen molar-refractivity contribution >= 4 is 35.0 Å². The maximum Gasteiger partial charge on any atom is 0.253 e. The lowest BCUT2D eigenvalue weighted by atomic mass is 9.92. The lowest BCUT2D eigenvalue weighted by molar-refractivity contribution is -0.132. The molecule has 0 aliphatic heterocycles. The smallest absolute Gasteiger partial charge is 0.253 e. The number of rotatable bonds is 18. The van der Waals surface area contributed by atoms with Crippen LogP contribution in [0, 0.1) is 11.8 Å². The predicted octanol–water partition coefficient (Wildman–Crippen LogP) is 5.16. The fraction of sp³-hybridized carbons (Fsp3) is 0.459. The van der Waals surface area contributed by atoms with E-state index < -0.39 is 24.0 Å². The van der Waals surface area contributed by atoms with E-state index in [9.17, 15) is 19.2 Å². The maximum absolute atomic E-state index is 13.6. The molecule has 47 heavy (non-hydrogen) atoms. The first-order chi connectivity index (χ1) is 22.5. The van der Waals surface area contributed by atoms with Crippen molar-refractivity contribution in [2.75, 3.05) is 13.1 Å². The number of hydrogen-bond acceptors (Lipinski definition) is 6. The molecule has 0 radical (unpaired) electrons. The summed E-state index contributed by atoms with van der Waals surface area (Å²) in [6.07, 6.45) is 2.48. The van der Waals surface area contributed by atoms with Crippen molar-refractivity contribution in [3.8, 4) is 0 Å². The van der Waals surface area contributed by atoms with Gasteiger partial charge in [0.2, 0.25) is 11.8 Å². The fourth-order valence-corrected chi connectivity index (χ4v) is 6.14. The van der Waals surface area contributed by atoms with Crippen molar-refractivity contribution in [1.82, 2.24) is 20.9 Å². The highest BCUT2D eigenvalue weighted by atomic mass is 32.1. The van der Waals surface area contributed by atoms with E-state index in [2.05, 4.69) is 16.0 Å². The molecule has 0 saturated carbocycles. The molecule has 3 aromatic rings. The van der Waals surface area contributed by atoms with Crippen molar-refractivity contribution in [3.63, 3.8) is 0 Å². The molecule has 9 nitrogen and oxygen atoms in total. The Morgan fingerprint density at radius 3 is 2.13 bits per heavy atom. The molecule has 0 fully saturated rings. The van der Waals surface area contributed by atoms with E-state index in [4.69, 9.17) is 5.73 Å². The molecule has 10 heteroatoms. The summed E-state index contributed by atoms with van der Waals surface area (Å²) in [7, 11) is 0. The van der Waals surface area contributed by atoms with Crippen LogP contribution in [0.3, 0.4) is 0 Å². The van der Waals surface area contributed by atoms with E-state index in [-0.39, 0.29) is 29.5 Å². The van der Waals surface area contributed by atoms with Crippen LogP contribution in [0.2, 0.25) is 0 Å². The standard InChI is InChI=1S/C37H51N5O4S/c1-6-17-42(18-7-2)37(46)30-15-11-14-29(22-30)35(44)40-32(21-28-16-19-47-24-28)31(38)20-26(5)34(43)41-33(25(3)4)36(45)39-23-27-12-9-8-10-13-27/h8-16,19,22,24-26,31-33H,6-7,17-18,20-21,23,38H2,1-5H3,(H,39,45)(H,40,44)(H,41,43)/t26-,31+,32+,33+/m1/s1. The van der Waals surface area contributed by atoms with Crippen molar-refractivity contribution in [2.24, 2.45) is 17.6 Å². The Labute approximate surface area is 283 Å². The molecule has 3 rings (SSSR count). The number of thiophene rings is 1. The van der Waals surface area contributed by atoms with E-state index in [1.807, 2.05) is 79.8 Å². The number of nitrogens with one attached hydrogen (secondary N) is 3. The Morgan fingerprint density at radius 1 is 0.830 bits per heavy atom. The normalized spacial score (nSPS) is 13.7. The van der Waals surface area contributed by atoms with Crippen molar-refractivity contribution in [3.05, 3.63) is 93.7 Å². The van der Waals surface area contributed by atoms with Crippen LogP contribution in [0.25, 0.3) is 0 Å².